The number of aromatic nitrogens is 2. The van der Waals surface area contributed by atoms with Crippen LogP contribution < -0.4 is 11.1 Å². The smallest absolute Gasteiger partial charge is 0.262 e. The van der Waals surface area contributed by atoms with Gasteiger partial charge >= 0.3 is 0 Å². The van der Waals surface area contributed by atoms with E-state index >= 15 is 0 Å². The van der Waals surface area contributed by atoms with Gasteiger partial charge in [0.05, 0.1) is 25.0 Å². The third-order valence-electron chi connectivity index (χ3n) is 4.29. The topological polar surface area (TPSA) is 127 Å². The van der Waals surface area contributed by atoms with Gasteiger partial charge in [-0.05, 0) is 25.2 Å². The fourth-order valence-corrected chi connectivity index (χ4v) is 4.31. The SMILES string of the molecule is CC(C)C[C@H](N)C(=O)NC1CCCN(S(=O)(=O)c2cn(C)cn2)CC1=O. The first-order valence-electron chi connectivity index (χ1n) is 8.68. The molecular weight excluding hydrogens is 358 g/mol. The van der Waals surface area contributed by atoms with Crippen LogP contribution in [0.2, 0.25) is 0 Å². The summed E-state index contributed by atoms with van der Waals surface area (Å²) in [6, 6.07) is -1.40. The van der Waals surface area contributed by atoms with E-state index in [0.717, 1.165) is 4.31 Å². The van der Waals surface area contributed by atoms with E-state index < -0.39 is 22.1 Å². The molecule has 0 radical (unpaired) electrons. The van der Waals surface area contributed by atoms with Crippen molar-refractivity contribution >= 4 is 21.7 Å². The van der Waals surface area contributed by atoms with Crippen molar-refractivity contribution in [2.75, 3.05) is 13.1 Å². The van der Waals surface area contributed by atoms with Crippen molar-refractivity contribution in [2.24, 2.45) is 18.7 Å². The molecule has 0 saturated carbocycles. The maximum Gasteiger partial charge on any atom is 0.262 e. The Hall–Kier alpha value is -1.78. The predicted octanol–water partition coefficient (Wildman–Crippen LogP) is -0.368. The maximum absolute atomic E-state index is 12.6. The molecule has 1 aliphatic heterocycles. The Morgan fingerprint density at radius 2 is 2.15 bits per heavy atom. The van der Waals surface area contributed by atoms with Crippen LogP contribution in [0.15, 0.2) is 17.6 Å². The normalized spacial score (nSPS) is 20.8. The number of nitrogens with two attached hydrogens (primary N) is 1. The van der Waals surface area contributed by atoms with Crippen molar-refractivity contribution in [2.45, 2.75) is 50.2 Å². The van der Waals surface area contributed by atoms with Crippen molar-refractivity contribution in [3.63, 3.8) is 0 Å². The van der Waals surface area contributed by atoms with Crippen LogP contribution in [0.25, 0.3) is 0 Å². The zero-order chi connectivity index (χ0) is 19.5. The van der Waals surface area contributed by atoms with E-state index in [1.807, 2.05) is 13.8 Å². The lowest BCUT2D eigenvalue weighted by atomic mass is 10.0. The summed E-state index contributed by atoms with van der Waals surface area (Å²) in [5.41, 5.74) is 5.85. The molecule has 1 amide bonds. The van der Waals surface area contributed by atoms with Crippen LogP contribution in [0.3, 0.4) is 0 Å². The van der Waals surface area contributed by atoms with E-state index in [4.69, 9.17) is 5.73 Å². The number of hydrogen-bond acceptors (Lipinski definition) is 6. The fraction of sp³-hybridized carbons (Fsp3) is 0.688. The van der Waals surface area contributed by atoms with Crippen LogP contribution >= 0.6 is 0 Å². The van der Waals surface area contributed by atoms with Gasteiger partial charge in [-0.1, -0.05) is 13.8 Å². The molecule has 10 heteroatoms. The molecule has 1 aliphatic rings. The van der Waals surface area contributed by atoms with Crippen molar-refractivity contribution in [3.8, 4) is 0 Å². The molecule has 1 aromatic rings. The molecule has 146 valence electrons. The highest BCUT2D eigenvalue weighted by Crippen LogP contribution is 2.18. The lowest BCUT2D eigenvalue weighted by Crippen LogP contribution is -2.50. The second-order valence-corrected chi connectivity index (χ2v) is 9.01. The number of carbonyl (C=O) groups is 2. The molecule has 1 aromatic heterocycles. The number of carbonyl (C=O) groups excluding carboxylic acids is 2. The van der Waals surface area contributed by atoms with Crippen LogP contribution in [-0.4, -0.2) is 59.1 Å². The van der Waals surface area contributed by atoms with E-state index in [0.29, 0.717) is 19.3 Å². The third-order valence-corrected chi connectivity index (χ3v) is 6.02. The Bertz CT molecular complexity index is 758. The molecule has 1 unspecified atom stereocenters. The van der Waals surface area contributed by atoms with Gasteiger partial charge in [0, 0.05) is 19.8 Å². The fourth-order valence-electron chi connectivity index (χ4n) is 2.90. The molecule has 9 nitrogen and oxygen atoms in total. The summed E-state index contributed by atoms with van der Waals surface area (Å²) in [6.07, 6.45) is 4.16. The third kappa shape index (κ3) is 4.89. The molecule has 0 aromatic carbocycles. The number of amides is 1. The highest BCUT2D eigenvalue weighted by molar-refractivity contribution is 7.89. The minimum absolute atomic E-state index is 0.0887. The zero-order valence-electron chi connectivity index (χ0n) is 15.4. The van der Waals surface area contributed by atoms with Gasteiger partial charge in [-0.25, -0.2) is 13.4 Å². The van der Waals surface area contributed by atoms with E-state index in [9.17, 15) is 18.0 Å². The minimum atomic E-state index is -3.84. The molecule has 26 heavy (non-hydrogen) atoms. The van der Waals surface area contributed by atoms with Crippen LogP contribution in [-0.2, 0) is 26.7 Å². The van der Waals surface area contributed by atoms with E-state index in [1.54, 1.807) is 7.05 Å². The molecule has 0 bridgehead atoms. The Labute approximate surface area is 154 Å². The number of imidazole rings is 1. The van der Waals surface area contributed by atoms with Gasteiger partial charge in [-0.2, -0.15) is 4.31 Å². The number of ketones is 1. The Kier molecular flexibility index (Phi) is 6.53. The summed E-state index contributed by atoms with van der Waals surface area (Å²) in [6.45, 7) is 3.84. The van der Waals surface area contributed by atoms with Gasteiger partial charge in [0.2, 0.25) is 5.91 Å². The molecule has 1 fully saturated rings. The average molecular weight is 385 g/mol. The van der Waals surface area contributed by atoms with E-state index in [1.165, 1.54) is 17.1 Å². The highest BCUT2D eigenvalue weighted by atomic mass is 32.2. The van der Waals surface area contributed by atoms with Crippen molar-refractivity contribution in [1.29, 1.82) is 0 Å². The Balaban J connectivity index is 2.05. The number of Topliss-reactive ketones (excluding diaryl/α,β-unsaturated/α-hetero) is 1. The van der Waals surface area contributed by atoms with Gasteiger partial charge in [0.25, 0.3) is 10.0 Å². The summed E-state index contributed by atoms with van der Waals surface area (Å²) in [7, 11) is -2.17. The quantitative estimate of drug-likeness (QED) is 0.688. The molecule has 2 atom stereocenters. The van der Waals surface area contributed by atoms with Crippen molar-refractivity contribution < 1.29 is 18.0 Å². The van der Waals surface area contributed by atoms with Gasteiger partial charge in [-0.15, -0.1) is 0 Å². The average Bonchev–Trinajstić information content (AvgIpc) is 2.90. The van der Waals surface area contributed by atoms with Crippen LogP contribution in [0.1, 0.15) is 33.1 Å². The summed E-state index contributed by atoms with van der Waals surface area (Å²) in [5, 5.41) is 2.59. The summed E-state index contributed by atoms with van der Waals surface area (Å²) in [4.78, 5) is 28.5. The van der Waals surface area contributed by atoms with Crippen molar-refractivity contribution in [3.05, 3.63) is 12.5 Å². The second-order valence-electron chi connectivity index (χ2n) is 7.12. The Morgan fingerprint density at radius 1 is 1.46 bits per heavy atom. The van der Waals surface area contributed by atoms with Crippen LogP contribution in [0.5, 0.6) is 0 Å². The summed E-state index contributed by atoms with van der Waals surface area (Å²) in [5.74, 6) is -0.454. The van der Waals surface area contributed by atoms with Gasteiger partial charge in [0.15, 0.2) is 10.8 Å². The Morgan fingerprint density at radius 3 is 2.73 bits per heavy atom. The maximum atomic E-state index is 12.6. The number of sulfonamides is 1. The first-order chi connectivity index (χ1) is 12.1. The lowest BCUT2D eigenvalue weighted by Gasteiger charge is -2.20. The van der Waals surface area contributed by atoms with Gasteiger partial charge < -0.3 is 15.6 Å². The number of hydrogen-bond donors (Lipinski definition) is 2. The minimum Gasteiger partial charge on any atom is -0.345 e. The summed E-state index contributed by atoms with van der Waals surface area (Å²) < 4.78 is 28.0. The van der Waals surface area contributed by atoms with Crippen molar-refractivity contribution in [1.82, 2.24) is 19.2 Å². The van der Waals surface area contributed by atoms with Crippen LogP contribution in [0, 0.1) is 5.92 Å². The molecule has 0 aliphatic carbocycles. The number of nitrogens with one attached hydrogen (secondary N) is 1. The zero-order valence-corrected chi connectivity index (χ0v) is 16.2. The number of aryl methyl sites for hydroxylation is 1. The molecule has 2 rings (SSSR count). The first kappa shape index (κ1) is 20.5. The molecular formula is C16H27N5O4S. The largest absolute Gasteiger partial charge is 0.345 e. The summed E-state index contributed by atoms with van der Waals surface area (Å²) >= 11 is 0. The predicted molar refractivity (Wildman–Crippen MR) is 95.6 cm³/mol. The van der Waals surface area contributed by atoms with Gasteiger partial charge in [-0.3, -0.25) is 9.59 Å². The number of rotatable bonds is 6. The standard InChI is InChI=1S/C16H27N5O4S/c1-11(2)7-12(17)16(23)19-13-5-4-6-21(8-14(13)22)26(24,25)15-9-20(3)10-18-15/h9-13H,4-8,17H2,1-3H3,(H,19,23)/t12-,13?/m0/s1. The van der Waals surface area contributed by atoms with E-state index in [-0.39, 0.29) is 35.7 Å². The first-order valence-corrected chi connectivity index (χ1v) is 10.1. The number of nitrogens with zero attached hydrogens (tertiary/aromatic N) is 3. The molecule has 3 N–H and O–H groups in total. The molecule has 0 spiro atoms. The van der Waals surface area contributed by atoms with Gasteiger partial charge in [0.1, 0.15) is 0 Å². The monoisotopic (exact) mass is 385 g/mol. The lowest BCUT2D eigenvalue weighted by molar-refractivity contribution is -0.128. The van der Waals surface area contributed by atoms with Crippen LogP contribution in [0.4, 0.5) is 0 Å². The molecule has 2 heterocycles. The second kappa shape index (κ2) is 8.28. The highest BCUT2D eigenvalue weighted by Gasteiger charge is 2.34. The van der Waals surface area contributed by atoms with E-state index in [2.05, 4.69) is 10.3 Å². The molecule has 1 saturated heterocycles.